The van der Waals surface area contributed by atoms with Crippen LogP contribution in [0, 0.1) is 24.7 Å². The predicted molar refractivity (Wildman–Crippen MR) is 75.6 cm³/mol. The molecule has 1 saturated carbocycles. The predicted octanol–water partition coefficient (Wildman–Crippen LogP) is 2.54. The van der Waals surface area contributed by atoms with Crippen LogP contribution in [0.15, 0.2) is 6.07 Å². The molecule has 0 amide bonds. The molecule has 1 aliphatic rings. The van der Waals surface area contributed by atoms with Crippen molar-refractivity contribution >= 4 is 0 Å². The number of nitrogens with one attached hydrogen (secondary N) is 1. The van der Waals surface area contributed by atoms with E-state index in [0.29, 0.717) is 0 Å². The maximum absolute atomic E-state index is 4.43. The highest BCUT2D eigenvalue weighted by Gasteiger charge is 2.31. The second-order valence-corrected chi connectivity index (χ2v) is 6.25. The molecule has 102 valence electrons. The molecule has 2 rings (SSSR count). The molecule has 1 aromatic rings. The molecule has 3 nitrogen and oxygen atoms in total. The first-order chi connectivity index (χ1) is 8.56. The monoisotopic (exact) mass is 249 g/mol. The normalized spacial score (nSPS) is 23.4. The van der Waals surface area contributed by atoms with Crippen LogP contribution < -0.4 is 5.32 Å². The van der Waals surface area contributed by atoms with Crippen molar-refractivity contribution in [3.63, 3.8) is 0 Å². The van der Waals surface area contributed by atoms with E-state index in [9.17, 15) is 0 Å². The molecule has 3 heteroatoms. The number of hydrogen-bond donors (Lipinski definition) is 1. The highest BCUT2D eigenvalue weighted by Crippen LogP contribution is 2.36. The maximum atomic E-state index is 4.43. The van der Waals surface area contributed by atoms with E-state index in [4.69, 9.17) is 0 Å². The van der Waals surface area contributed by atoms with Gasteiger partial charge in [0, 0.05) is 12.7 Å². The molecule has 18 heavy (non-hydrogen) atoms. The highest BCUT2D eigenvalue weighted by atomic mass is 15.3. The molecule has 1 N–H and O–H groups in total. The fourth-order valence-electron chi connectivity index (χ4n) is 2.86. The first-order valence-corrected chi connectivity index (χ1v) is 7.26. The fraction of sp³-hybridized carbons (Fsp3) is 0.800. The Labute approximate surface area is 111 Å². The lowest BCUT2D eigenvalue weighted by Crippen LogP contribution is -2.37. The second kappa shape index (κ2) is 5.87. The third kappa shape index (κ3) is 3.35. The summed E-state index contributed by atoms with van der Waals surface area (Å²) >= 11 is 0. The Morgan fingerprint density at radius 3 is 2.61 bits per heavy atom. The third-order valence-electron chi connectivity index (χ3n) is 4.10. The van der Waals surface area contributed by atoms with Gasteiger partial charge in [-0.25, -0.2) is 0 Å². The van der Waals surface area contributed by atoms with E-state index in [0.717, 1.165) is 30.0 Å². The average molecular weight is 249 g/mol. The lowest BCUT2D eigenvalue weighted by atomic mass is 9.71. The molecule has 1 fully saturated rings. The summed E-state index contributed by atoms with van der Waals surface area (Å²) in [4.78, 5) is 0. The van der Waals surface area contributed by atoms with Gasteiger partial charge in [0.1, 0.15) is 0 Å². The lowest BCUT2D eigenvalue weighted by molar-refractivity contribution is 0.167. The van der Waals surface area contributed by atoms with E-state index in [1.165, 1.54) is 31.5 Å². The summed E-state index contributed by atoms with van der Waals surface area (Å²) in [5, 5.41) is 8.03. The van der Waals surface area contributed by atoms with Crippen molar-refractivity contribution in [2.24, 2.45) is 24.8 Å². The van der Waals surface area contributed by atoms with Crippen LogP contribution in [-0.4, -0.2) is 22.9 Å². The maximum Gasteiger partial charge on any atom is 0.0596 e. The van der Waals surface area contributed by atoms with Crippen molar-refractivity contribution in [3.05, 3.63) is 17.5 Å². The fourth-order valence-corrected chi connectivity index (χ4v) is 2.86. The van der Waals surface area contributed by atoms with Gasteiger partial charge >= 0.3 is 0 Å². The van der Waals surface area contributed by atoms with Gasteiger partial charge in [-0.1, -0.05) is 13.8 Å². The van der Waals surface area contributed by atoms with Gasteiger partial charge in [-0.2, -0.15) is 5.10 Å². The van der Waals surface area contributed by atoms with Crippen LogP contribution >= 0.6 is 0 Å². The minimum atomic E-state index is 0.753. The van der Waals surface area contributed by atoms with E-state index in [1.54, 1.807) is 0 Å². The van der Waals surface area contributed by atoms with Crippen LogP contribution in [-0.2, 0) is 13.5 Å². The Morgan fingerprint density at radius 1 is 1.39 bits per heavy atom. The SMILES string of the molecule is Cc1cc(CC2CCC2CNCC(C)C)n(C)n1. The number of rotatable bonds is 6. The van der Waals surface area contributed by atoms with Crippen LogP contribution in [0.1, 0.15) is 38.1 Å². The van der Waals surface area contributed by atoms with Crippen LogP contribution in [0.2, 0.25) is 0 Å². The average Bonchev–Trinajstić information content (AvgIpc) is 2.58. The Kier molecular flexibility index (Phi) is 4.44. The second-order valence-electron chi connectivity index (χ2n) is 6.25. The smallest absolute Gasteiger partial charge is 0.0596 e. The van der Waals surface area contributed by atoms with Crippen molar-refractivity contribution in [3.8, 4) is 0 Å². The summed E-state index contributed by atoms with van der Waals surface area (Å²) in [6.07, 6.45) is 3.98. The first kappa shape index (κ1) is 13.6. The number of nitrogens with zero attached hydrogens (tertiary/aromatic N) is 2. The highest BCUT2D eigenvalue weighted by molar-refractivity contribution is 5.10. The third-order valence-corrected chi connectivity index (χ3v) is 4.10. The molecule has 0 aliphatic heterocycles. The number of aromatic nitrogens is 2. The van der Waals surface area contributed by atoms with Gasteiger partial charge in [-0.15, -0.1) is 0 Å². The molecule has 0 saturated heterocycles. The van der Waals surface area contributed by atoms with Gasteiger partial charge in [0.2, 0.25) is 0 Å². The molecule has 0 aromatic carbocycles. The molecule has 1 aromatic heterocycles. The van der Waals surface area contributed by atoms with Crippen molar-refractivity contribution in [2.45, 2.75) is 40.0 Å². The van der Waals surface area contributed by atoms with Gasteiger partial charge < -0.3 is 5.32 Å². The van der Waals surface area contributed by atoms with E-state index >= 15 is 0 Å². The molecule has 0 spiro atoms. The topological polar surface area (TPSA) is 29.9 Å². The molecule has 0 radical (unpaired) electrons. The van der Waals surface area contributed by atoms with Crippen molar-refractivity contribution in [1.29, 1.82) is 0 Å². The summed E-state index contributed by atoms with van der Waals surface area (Å²) in [6.45, 7) is 8.95. The summed E-state index contributed by atoms with van der Waals surface area (Å²) in [6, 6.07) is 2.23. The minimum absolute atomic E-state index is 0.753. The molecule has 1 heterocycles. The molecule has 2 unspecified atom stereocenters. The Bertz CT molecular complexity index is 381. The van der Waals surface area contributed by atoms with E-state index in [1.807, 2.05) is 4.68 Å². The summed E-state index contributed by atoms with van der Waals surface area (Å²) in [5.41, 5.74) is 2.53. The zero-order valence-corrected chi connectivity index (χ0v) is 12.2. The Balaban J connectivity index is 1.78. The van der Waals surface area contributed by atoms with Crippen molar-refractivity contribution < 1.29 is 0 Å². The van der Waals surface area contributed by atoms with E-state index in [2.05, 4.69) is 44.3 Å². The van der Waals surface area contributed by atoms with Crippen LogP contribution in [0.5, 0.6) is 0 Å². The lowest BCUT2D eigenvalue weighted by Gasteiger charge is -2.37. The molecular weight excluding hydrogens is 222 g/mol. The van der Waals surface area contributed by atoms with Gasteiger partial charge in [0.15, 0.2) is 0 Å². The first-order valence-electron chi connectivity index (χ1n) is 7.26. The van der Waals surface area contributed by atoms with E-state index < -0.39 is 0 Å². The minimum Gasteiger partial charge on any atom is -0.316 e. The summed E-state index contributed by atoms with van der Waals surface area (Å²) < 4.78 is 2.05. The largest absolute Gasteiger partial charge is 0.316 e. The molecule has 0 bridgehead atoms. The van der Waals surface area contributed by atoms with Crippen LogP contribution in [0.4, 0.5) is 0 Å². The zero-order chi connectivity index (χ0) is 13.1. The number of aryl methyl sites for hydroxylation is 2. The standard InChI is InChI=1S/C15H27N3/c1-11(2)9-16-10-14-6-5-13(14)8-15-7-12(3)17-18(15)4/h7,11,13-14,16H,5-6,8-10H2,1-4H3. The zero-order valence-electron chi connectivity index (χ0n) is 12.2. The van der Waals surface area contributed by atoms with Crippen molar-refractivity contribution in [1.82, 2.24) is 15.1 Å². The Morgan fingerprint density at radius 2 is 2.11 bits per heavy atom. The van der Waals surface area contributed by atoms with Gasteiger partial charge in [-0.3, -0.25) is 4.68 Å². The van der Waals surface area contributed by atoms with Gasteiger partial charge in [0.25, 0.3) is 0 Å². The van der Waals surface area contributed by atoms with Gasteiger partial charge in [0.05, 0.1) is 5.69 Å². The van der Waals surface area contributed by atoms with E-state index in [-0.39, 0.29) is 0 Å². The molecule has 2 atom stereocenters. The molecule has 1 aliphatic carbocycles. The Hall–Kier alpha value is -0.830. The summed E-state index contributed by atoms with van der Waals surface area (Å²) in [7, 11) is 2.06. The van der Waals surface area contributed by atoms with Crippen LogP contribution in [0.25, 0.3) is 0 Å². The number of hydrogen-bond acceptors (Lipinski definition) is 2. The molecular formula is C15H27N3. The van der Waals surface area contributed by atoms with Crippen molar-refractivity contribution in [2.75, 3.05) is 13.1 Å². The van der Waals surface area contributed by atoms with Gasteiger partial charge in [-0.05, 0) is 63.1 Å². The quantitative estimate of drug-likeness (QED) is 0.839. The van der Waals surface area contributed by atoms with Crippen LogP contribution in [0.3, 0.4) is 0 Å². The summed E-state index contributed by atoms with van der Waals surface area (Å²) in [5.74, 6) is 2.49.